The molecule has 2 aliphatic rings. The lowest BCUT2D eigenvalue weighted by Crippen LogP contribution is -2.30. The maximum Gasteiger partial charge on any atom is 0.0668 e. The van der Waals surface area contributed by atoms with Crippen molar-refractivity contribution >= 4 is 43.2 Å². The fourth-order valence-corrected chi connectivity index (χ4v) is 3.61. The number of halogens is 2. The first-order chi connectivity index (χ1) is 8.72. The summed E-state index contributed by atoms with van der Waals surface area (Å²) in [5, 5.41) is 4.72. The van der Waals surface area contributed by atoms with Gasteiger partial charge < -0.3 is 0 Å². The lowest BCUT2D eigenvalue weighted by atomic mass is 10.1. The van der Waals surface area contributed by atoms with Crippen molar-refractivity contribution in [3.8, 4) is 0 Å². The Hall–Kier alpha value is -1.00. The van der Waals surface area contributed by atoms with Gasteiger partial charge in [0, 0.05) is 8.95 Å². The summed E-state index contributed by atoms with van der Waals surface area (Å²) in [4.78, 5) is 0. The number of hydrogen-bond acceptors (Lipinski definition) is 2. The molecule has 0 saturated carbocycles. The summed E-state index contributed by atoms with van der Waals surface area (Å²) in [6.45, 7) is 1.92. The van der Waals surface area contributed by atoms with Gasteiger partial charge in [0.25, 0.3) is 0 Å². The van der Waals surface area contributed by atoms with Crippen LogP contribution in [0, 0.1) is 0 Å². The highest BCUT2D eigenvalue weighted by Gasteiger charge is 2.34. The summed E-state index contributed by atoms with van der Waals surface area (Å²) in [6.07, 6.45) is 0. The van der Waals surface area contributed by atoms with Crippen molar-refractivity contribution in [2.75, 3.05) is 10.0 Å². The molecule has 0 bridgehead atoms. The smallest absolute Gasteiger partial charge is 0.0668 e. The number of nitrogens with zero attached hydrogens (tertiary/aromatic N) is 2. The predicted molar refractivity (Wildman–Crippen MR) is 80.7 cm³/mol. The largest absolute Gasteiger partial charge is 0.280 e. The molecule has 2 nitrogen and oxygen atoms in total. The number of hydrogen-bond donors (Lipinski definition) is 0. The minimum atomic E-state index is 0.962. The van der Waals surface area contributed by atoms with Crippen molar-refractivity contribution in [2.45, 2.75) is 13.1 Å². The zero-order valence-corrected chi connectivity index (χ0v) is 12.7. The summed E-state index contributed by atoms with van der Waals surface area (Å²) in [7, 11) is 0. The summed E-state index contributed by atoms with van der Waals surface area (Å²) >= 11 is 7.09. The predicted octanol–water partition coefficient (Wildman–Crippen LogP) is 4.47. The number of rotatable bonds is 0. The molecule has 18 heavy (non-hydrogen) atoms. The van der Waals surface area contributed by atoms with Gasteiger partial charge >= 0.3 is 0 Å². The standard InChI is InChI=1S/C14H10Br2N2/c15-11-1-3-13-9(5-11)7-18-14-4-2-12(16)6-10(14)8-17(13)18/h1-6H,7-8H2. The van der Waals surface area contributed by atoms with Crippen LogP contribution in [0.1, 0.15) is 11.1 Å². The third-order valence-corrected chi connectivity index (χ3v) is 4.56. The van der Waals surface area contributed by atoms with Gasteiger partial charge in [-0.3, -0.25) is 10.0 Å². The Morgan fingerprint density at radius 2 is 1.17 bits per heavy atom. The minimum absolute atomic E-state index is 0.962. The van der Waals surface area contributed by atoms with Crippen LogP contribution >= 0.6 is 31.9 Å². The van der Waals surface area contributed by atoms with E-state index in [0.717, 1.165) is 22.0 Å². The third kappa shape index (κ3) is 1.45. The Labute approximate surface area is 122 Å². The molecule has 0 unspecified atom stereocenters. The Balaban J connectivity index is 1.82. The molecule has 0 saturated heterocycles. The third-order valence-electron chi connectivity index (χ3n) is 3.57. The van der Waals surface area contributed by atoms with E-state index >= 15 is 0 Å². The molecular weight excluding hydrogens is 356 g/mol. The zero-order chi connectivity index (χ0) is 12.3. The van der Waals surface area contributed by atoms with E-state index in [4.69, 9.17) is 0 Å². The van der Waals surface area contributed by atoms with Gasteiger partial charge in [-0.05, 0) is 47.5 Å². The monoisotopic (exact) mass is 364 g/mol. The van der Waals surface area contributed by atoms with E-state index in [1.165, 1.54) is 22.5 Å². The summed E-state index contributed by atoms with van der Waals surface area (Å²) in [5.74, 6) is 0. The fourth-order valence-electron chi connectivity index (χ4n) is 2.79. The van der Waals surface area contributed by atoms with Crippen LogP contribution in [0.2, 0.25) is 0 Å². The van der Waals surface area contributed by atoms with Crippen molar-refractivity contribution in [2.24, 2.45) is 0 Å². The van der Waals surface area contributed by atoms with Crippen LogP contribution in [0.3, 0.4) is 0 Å². The first-order valence-electron chi connectivity index (χ1n) is 5.84. The van der Waals surface area contributed by atoms with Crippen LogP contribution in [0.15, 0.2) is 45.3 Å². The first-order valence-corrected chi connectivity index (χ1v) is 7.43. The molecule has 0 N–H and O–H groups in total. The van der Waals surface area contributed by atoms with E-state index in [2.05, 4.69) is 78.3 Å². The number of benzene rings is 2. The molecule has 0 amide bonds. The Morgan fingerprint density at radius 1 is 0.722 bits per heavy atom. The summed E-state index contributed by atoms with van der Waals surface area (Å²) in [6, 6.07) is 13.0. The van der Waals surface area contributed by atoms with E-state index in [-0.39, 0.29) is 0 Å². The van der Waals surface area contributed by atoms with Gasteiger partial charge in [-0.2, -0.15) is 0 Å². The molecule has 0 radical (unpaired) electrons. The molecule has 2 heterocycles. The van der Waals surface area contributed by atoms with Crippen molar-refractivity contribution in [3.05, 3.63) is 56.5 Å². The second-order valence-corrected chi connectivity index (χ2v) is 6.49. The van der Waals surface area contributed by atoms with E-state index in [0.29, 0.717) is 0 Å². The summed E-state index contributed by atoms with van der Waals surface area (Å²) in [5.41, 5.74) is 5.42. The molecule has 2 aromatic carbocycles. The fraction of sp³-hybridized carbons (Fsp3) is 0.143. The molecule has 0 atom stereocenters. The maximum atomic E-state index is 3.54. The van der Waals surface area contributed by atoms with Crippen LogP contribution in [-0.2, 0) is 13.1 Å². The van der Waals surface area contributed by atoms with Crippen LogP contribution in [-0.4, -0.2) is 0 Å². The van der Waals surface area contributed by atoms with Gasteiger partial charge in [-0.25, -0.2) is 0 Å². The van der Waals surface area contributed by atoms with Crippen molar-refractivity contribution < 1.29 is 0 Å². The molecule has 0 aliphatic carbocycles. The van der Waals surface area contributed by atoms with Gasteiger partial charge in [0.2, 0.25) is 0 Å². The van der Waals surface area contributed by atoms with Crippen LogP contribution in [0.4, 0.5) is 11.4 Å². The highest BCUT2D eigenvalue weighted by atomic mass is 79.9. The van der Waals surface area contributed by atoms with Gasteiger partial charge in [-0.15, -0.1) is 0 Å². The van der Waals surface area contributed by atoms with E-state index in [9.17, 15) is 0 Å². The average Bonchev–Trinajstić information content (AvgIpc) is 2.83. The Morgan fingerprint density at radius 3 is 1.61 bits per heavy atom. The van der Waals surface area contributed by atoms with Crippen molar-refractivity contribution in [3.63, 3.8) is 0 Å². The second-order valence-electron chi connectivity index (χ2n) is 4.66. The average molecular weight is 366 g/mol. The Kier molecular flexibility index (Phi) is 2.26. The molecule has 4 rings (SSSR count). The molecule has 0 aromatic heterocycles. The van der Waals surface area contributed by atoms with E-state index in [1.54, 1.807) is 0 Å². The molecule has 2 aliphatic heterocycles. The van der Waals surface area contributed by atoms with Gasteiger partial charge in [0.05, 0.1) is 24.5 Å². The molecule has 0 fully saturated rings. The van der Waals surface area contributed by atoms with Crippen molar-refractivity contribution in [1.82, 2.24) is 0 Å². The van der Waals surface area contributed by atoms with Gasteiger partial charge in [-0.1, -0.05) is 31.9 Å². The van der Waals surface area contributed by atoms with Gasteiger partial charge in [0.15, 0.2) is 0 Å². The molecule has 2 aromatic rings. The first kappa shape index (κ1) is 10.9. The molecule has 90 valence electrons. The SMILES string of the molecule is Brc1ccc2c(c1)CN1c3ccc(Br)cc3CN21. The maximum absolute atomic E-state index is 3.54. The normalized spacial score (nSPS) is 15.7. The second kappa shape index (κ2) is 3.75. The molecular formula is C14H10Br2N2. The molecule has 0 spiro atoms. The van der Waals surface area contributed by atoms with E-state index < -0.39 is 0 Å². The van der Waals surface area contributed by atoms with Crippen LogP contribution in [0.25, 0.3) is 0 Å². The Bertz CT molecular complexity index is 597. The van der Waals surface area contributed by atoms with Crippen LogP contribution in [0.5, 0.6) is 0 Å². The minimum Gasteiger partial charge on any atom is -0.280 e. The lowest BCUT2D eigenvalue weighted by molar-refractivity contribution is 0.818. The van der Waals surface area contributed by atoms with Crippen molar-refractivity contribution in [1.29, 1.82) is 0 Å². The van der Waals surface area contributed by atoms with E-state index in [1.807, 2.05) is 0 Å². The lowest BCUT2D eigenvalue weighted by Gasteiger charge is -2.23. The quantitative estimate of drug-likeness (QED) is 0.679. The highest BCUT2D eigenvalue weighted by molar-refractivity contribution is 9.10. The molecule has 4 heteroatoms. The number of fused-ring (bicyclic) bond motifs is 5. The summed E-state index contributed by atoms with van der Waals surface area (Å²) < 4.78 is 2.30. The van der Waals surface area contributed by atoms with Gasteiger partial charge in [0.1, 0.15) is 0 Å². The highest BCUT2D eigenvalue weighted by Crippen LogP contribution is 2.43. The zero-order valence-electron chi connectivity index (χ0n) is 9.53. The number of anilines is 2. The topological polar surface area (TPSA) is 6.48 Å². The van der Waals surface area contributed by atoms with Crippen LogP contribution < -0.4 is 10.0 Å². The number of hydrazine groups is 1.